The molecule has 3 atom stereocenters. The summed E-state index contributed by atoms with van der Waals surface area (Å²) in [6.45, 7) is -0.956. The highest BCUT2D eigenvalue weighted by Gasteiger charge is 2.26. The standard InChI is InChI=1S/C17H24N2O7/c1-25-17(24)14(7-11-5-3-2-4-6-11)19-16(23)13(18)8-15(22)26-10-12(21)9-20/h2-6,12-14,20-21H,7-10,18H2,1H3,(H,19,23). The number of amides is 1. The fourth-order valence-corrected chi connectivity index (χ4v) is 2.04. The quantitative estimate of drug-likeness (QED) is 0.365. The summed E-state index contributed by atoms with van der Waals surface area (Å²) in [4.78, 5) is 35.6. The fraction of sp³-hybridized carbons (Fsp3) is 0.471. The number of carbonyl (C=O) groups excluding carboxylic acids is 3. The zero-order valence-corrected chi connectivity index (χ0v) is 14.5. The van der Waals surface area contributed by atoms with Gasteiger partial charge in [-0.2, -0.15) is 0 Å². The third kappa shape index (κ3) is 7.60. The second-order valence-corrected chi connectivity index (χ2v) is 5.60. The molecule has 0 saturated heterocycles. The Morgan fingerprint density at radius 2 is 1.88 bits per heavy atom. The van der Waals surface area contributed by atoms with Crippen molar-refractivity contribution < 1.29 is 34.1 Å². The molecule has 0 radical (unpaired) electrons. The topological polar surface area (TPSA) is 148 Å². The van der Waals surface area contributed by atoms with Gasteiger partial charge in [-0.15, -0.1) is 0 Å². The third-order valence-corrected chi connectivity index (χ3v) is 3.46. The highest BCUT2D eigenvalue weighted by atomic mass is 16.5. The summed E-state index contributed by atoms with van der Waals surface area (Å²) in [6.07, 6.45) is -1.43. The van der Waals surface area contributed by atoms with Gasteiger partial charge in [-0.3, -0.25) is 9.59 Å². The first-order valence-electron chi connectivity index (χ1n) is 7.99. The van der Waals surface area contributed by atoms with Crippen LogP contribution in [0, 0.1) is 0 Å². The van der Waals surface area contributed by atoms with Crippen LogP contribution in [0.1, 0.15) is 12.0 Å². The monoisotopic (exact) mass is 368 g/mol. The number of rotatable bonds is 10. The van der Waals surface area contributed by atoms with Crippen molar-refractivity contribution in [2.45, 2.75) is 31.0 Å². The molecule has 0 aliphatic carbocycles. The molecule has 1 aromatic rings. The number of nitrogens with one attached hydrogen (secondary N) is 1. The fourth-order valence-electron chi connectivity index (χ4n) is 2.04. The van der Waals surface area contributed by atoms with E-state index in [0.29, 0.717) is 0 Å². The third-order valence-electron chi connectivity index (χ3n) is 3.46. The maximum absolute atomic E-state index is 12.2. The zero-order chi connectivity index (χ0) is 19.5. The van der Waals surface area contributed by atoms with Gasteiger partial charge < -0.3 is 30.7 Å². The summed E-state index contributed by atoms with van der Waals surface area (Å²) in [7, 11) is 1.20. The van der Waals surface area contributed by atoms with Crippen LogP contribution in [0.15, 0.2) is 30.3 Å². The molecule has 0 heterocycles. The molecule has 3 unspecified atom stereocenters. The molecule has 0 spiro atoms. The summed E-state index contributed by atoms with van der Waals surface area (Å²) in [5.41, 5.74) is 6.48. The predicted molar refractivity (Wildman–Crippen MR) is 90.7 cm³/mol. The molecular formula is C17H24N2O7. The van der Waals surface area contributed by atoms with E-state index >= 15 is 0 Å². The lowest BCUT2D eigenvalue weighted by atomic mass is 10.1. The molecule has 1 aromatic carbocycles. The van der Waals surface area contributed by atoms with Gasteiger partial charge in [-0.25, -0.2) is 4.79 Å². The molecule has 26 heavy (non-hydrogen) atoms. The molecule has 0 saturated carbocycles. The average Bonchev–Trinajstić information content (AvgIpc) is 2.65. The van der Waals surface area contributed by atoms with Crippen LogP contribution >= 0.6 is 0 Å². The van der Waals surface area contributed by atoms with E-state index < -0.39 is 55.7 Å². The van der Waals surface area contributed by atoms with Crippen molar-refractivity contribution in [2.24, 2.45) is 5.73 Å². The number of esters is 2. The van der Waals surface area contributed by atoms with Crippen molar-refractivity contribution in [2.75, 3.05) is 20.3 Å². The van der Waals surface area contributed by atoms with E-state index in [9.17, 15) is 14.4 Å². The number of hydrogen-bond acceptors (Lipinski definition) is 8. The van der Waals surface area contributed by atoms with Crippen molar-refractivity contribution in [1.29, 1.82) is 0 Å². The highest BCUT2D eigenvalue weighted by Crippen LogP contribution is 2.05. The molecule has 1 rings (SSSR count). The summed E-state index contributed by atoms with van der Waals surface area (Å²) in [5, 5.41) is 20.2. The van der Waals surface area contributed by atoms with Gasteiger partial charge in [0.15, 0.2) is 0 Å². The van der Waals surface area contributed by atoms with Gasteiger partial charge >= 0.3 is 11.9 Å². The minimum Gasteiger partial charge on any atom is -0.467 e. The summed E-state index contributed by atoms with van der Waals surface area (Å²) in [6, 6.07) is 6.83. The number of ether oxygens (including phenoxy) is 2. The van der Waals surface area contributed by atoms with E-state index in [1.54, 1.807) is 24.3 Å². The van der Waals surface area contributed by atoms with Gasteiger partial charge in [-0.1, -0.05) is 30.3 Å². The minimum absolute atomic E-state index is 0.207. The lowest BCUT2D eigenvalue weighted by Crippen LogP contribution is -2.50. The molecule has 0 bridgehead atoms. The summed E-state index contributed by atoms with van der Waals surface area (Å²) >= 11 is 0. The molecule has 0 aliphatic rings. The van der Waals surface area contributed by atoms with Crippen molar-refractivity contribution in [1.82, 2.24) is 5.32 Å². The normalized spacial score (nSPS) is 14.0. The Morgan fingerprint density at radius 1 is 1.23 bits per heavy atom. The van der Waals surface area contributed by atoms with Crippen LogP contribution in [0.25, 0.3) is 0 Å². The molecule has 0 aliphatic heterocycles. The Hall–Kier alpha value is -2.49. The van der Waals surface area contributed by atoms with Crippen LogP contribution in [0.3, 0.4) is 0 Å². The Bertz CT molecular complexity index is 594. The van der Waals surface area contributed by atoms with E-state index in [4.69, 9.17) is 15.9 Å². The lowest BCUT2D eigenvalue weighted by molar-refractivity contribution is -0.149. The predicted octanol–water partition coefficient (Wildman–Crippen LogP) is -1.50. The number of aliphatic hydroxyl groups is 2. The molecule has 9 nitrogen and oxygen atoms in total. The number of carbonyl (C=O) groups is 3. The van der Waals surface area contributed by atoms with Gasteiger partial charge in [-0.05, 0) is 5.56 Å². The Labute approximate surface area is 151 Å². The van der Waals surface area contributed by atoms with Gasteiger partial charge in [0.05, 0.1) is 26.2 Å². The molecule has 144 valence electrons. The highest BCUT2D eigenvalue weighted by molar-refractivity contribution is 5.90. The first-order chi connectivity index (χ1) is 12.4. The van der Waals surface area contributed by atoms with Crippen molar-refractivity contribution in [3.63, 3.8) is 0 Å². The maximum Gasteiger partial charge on any atom is 0.328 e. The SMILES string of the molecule is COC(=O)C(Cc1ccccc1)NC(=O)C(N)CC(=O)OCC(O)CO. The van der Waals surface area contributed by atoms with E-state index in [2.05, 4.69) is 14.8 Å². The number of benzene rings is 1. The van der Waals surface area contributed by atoms with Gasteiger partial charge in [0.2, 0.25) is 5.91 Å². The smallest absolute Gasteiger partial charge is 0.328 e. The van der Waals surface area contributed by atoms with Crippen molar-refractivity contribution in [3.05, 3.63) is 35.9 Å². The van der Waals surface area contributed by atoms with Crippen molar-refractivity contribution in [3.8, 4) is 0 Å². The number of methoxy groups -OCH3 is 1. The number of nitrogens with two attached hydrogens (primary N) is 1. The molecule has 0 fully saturated rings. The largest absolute Gasteiger partial charge is 0.467 e. The van der Waals surface area contributed by atoms with E-state index in [1.165, 1.54) is 7.11 Å². The van der Waals surface area contributed by atoms with Crippen LogP contribution in [0.2, 0.25) is 0 Å². The molecule has 1 amide bonds. The molecular weight excluding hydrogens is 344 g/mol. The first-order valence-corrected chi connectivity index (χ1v) is 7.99. The van der Waals surface area contributed by atoms with Crippen LogP contribution < -0.4 is 11.1 Å². The van der Waals surface area contributed by atoms with E-state index in [-0.39, 0.29) is 6.42 Å². The average molecular weight is 368 g/mol. The summed E-state index contributed by atoms with van der Waals surface area (Å²) < 4.78 is 9.37. The van der Waals surface area contributed by atoms with Gasteiger partial charge in [0.1, 0.15) is 18.8 Å². The molecule has 0 aromatic heterocycles. The van der Waals surface area contributed by atoms with Crippen molar-refractivity contribution >= 4 is 17.8 Å². The molecule has 5 N–H and O–H groups in total. The molecule has 9 heteroatoms. The summed E-state index contributed by atoms with van der Waals surface area (Å²) in [5.74, 6) is -2.16. The van der Waals surface area contributed by atoms with Gasteiger partial charge in [0, 0.05) is 6.42 Å². The van der Waals surface area contributed by atoms with Crippen LogP contribution in [0.4, 0.5) is 0 Å². The second kappa shape index (κ2) is 11.2. The van der Waals surface area contributed by atoms with Crippen LogP contribution in [-0.2, 0) is 30.3 Å². The Balaban J connectivity index is 2.59. The first kappa shape index (κ1) is 21.6. The maximum atomic E-state index is 12.2. The number of aliphatic hydroxyl groups excluding tert-OH is 2. The van der Waals surface area contributed by atoms with E-state index in [0.717, 1.165) is 5.56 Å². The Kier molecular flexibility index (Phi) is 9.27. The number of hydrogen-bond donors (Lipinski definition) is 4. The second-order valence-electron chi connectivity index (χ2n) is 5.60. The zero-order valence-electron chi connectivity index (χ0n) is 14.5. The van der Waals surface area contributed by atoms with Crippen LogP contribution in [0.5, 0.6) is 0 Å². The van der Waals surface area contributed by atoms with Crippen LogP contribution in [-0.4, -0.2) is 66.6 Å². The Morgan fingerprint density at radius 3 is 2.46 bits per heavy atom. The lowest BCUT2D eigenvalue weighted by Gasteiger charge is -2.19. The van der Waals surface area contributed by atoms with Gasteiger partial charge in [0.25, 0.3) is 0 Å². The van der Waals surface area contributed by atoms with E-state index in [1.807, 2.05) is 6.07 Å². The minimum atomic E-state index is -1.24.